The Hall–Kier alpha value is -2.54. The van der Waals surface area contributed by atoms with E-state index in [9.17, 15) is 9.18 Å². The molecule has 0 saturated carbocycles. The van der Waals surface area contributed by atoms with Gasteiger partial charge in [-0.25, -0.2) is 9.37 Å². The van der Waals surface area contributed by atoms with Crippen molar-refractivity contribution in [3.05, 3.63) is 48.7 Å². The molecule has 23 heavy (non-hydrogen) atoms. The Balaban J connectivity index is 1.48. The van der Waals surface area contributed by atoms with E-state index in [4.69, 9.17) is 0 Å². The minimum atomic E-state index is -0.361. The molecular weight excluding hydrogens is 297 g/mol. The number of nitrogens with zero attached hydrogens (tertiary/aromatic N) is 4. The number of nitrogens with one attached hydrogen (secondary N) is 1. The van der Waals surface area contributed by atoms with E-state index in [0.29, 0.717) is 12.2 Å². The fourth-order valence-corrected chi connectivity index (χ4v) is 2.56. The standard InChI is InChI=1S/C16H18FN5O/c17-13-2-1-3-14(10-13)20-16(23)12-21-6-8-22(9-7-21)15-11-18-4-5-19-15/h1-5,10-11H,6-9,12H2,(H,20,23). The highest BCUT2D eigenvalue weighted by molar-refractivity contribution is 5.92. The molecule has 0 aliphatic carbocycles. The molecule has 1 amide bonds. The first-order chi connectivity index (χ1) is 11.2. The SMILES string of the molecule is O=C(CN1CCN(c2cnccn2)CC1)Nc1cccc(F)c1. The molecule has 0 radical (unpaired) electrons. The lowest BCUT2D eigenvalue weighted by molar-refractivity contribution is -0.117. The third kappa shape index (κ3) is 4.23. The summed E-state index contributed by atoms with van der Waals surface area (Å²) in [4.78, 5) is 24.6. The van der Waals surface area contributed by atoms with Crippen LogP contribution in [0.3, 0.4) is 0 Å². The molecule has 1 saturated heterocycles. The molecule has 2 heterocycles. The van der Waals surface area contributed by atoms with Gasteiger partial charge in [0.2, 0.25) is 5.91 Å². The number of halogens is 1. The molecule has 1 N–H and O–H groups in total. The lowest BCUT2D eigenvalue weighted by atomic mass is 10.3. The van der Waals surface area contributed by atoms with Crippen molar-refractivity contribution in [3.8, 4) is 0 Å². The van der Waals surface area contributed by atoms with Crippen molar-refractivity contribution in [2.24, 2.45) is 0 Å². The molecule has 1 fully saturated rings. The van der Waals surface area contributed by atoms with Gasteiger partial charge in [0, 0.05) is 44.3 Å². The van der Waals surface area contributed by atoms with Crippen LogP contribution in [0.4, 0.5) is 15.9 Å². The lowest BCUT2D eigenvalue weighted by Gasteiger charge is -2.34. The third-order valence-electron chi connectivity index (χ3n) is 3.72. The highest BCUT2D eigenvalue weighted by Gasteiger charge is 2.19. The summed E-state index contributed by atoms with van der Waals surface area (Å²) in [5, 5.41) is 2.72. The van der Waals surface area contributed by atoms with Crippen molar-refractivity contribution in [2.45, 2.75) is 0 Å². The zero-order valence-corrected chi connectivity index (χ0v) is 12.7. The van der Waals surface area contributed by atoms with Crippen LogP contribution in [0.25, 0.3) is 0 Å². The van der Waals surface area contributed by atoms with Crippen molar-refractivity contribution >= 4 is 17.4 Å². The lowest BCUT2D eigenvalue weighted by Crippen LogP contribution is -2.48. The number of carbonyl (C=O) groups is 1. The summed E-state index contributed by atoms with van der Waals surface area (Å²) in [5.74, 6) is 0.361. The fourth-order valence-electron chi connectivity index (χ4n) is 2.56. The van der Waals surface area contributed by atoms with Gasteiger partial charge in [0.1, 0.15) is 11.6 Å². The van der Waals surface area contributed by atoms with E-state index in [2.05, 4.69) is 25.1 Å². The van der Waals surface area contributed by atoms with Gasteiger partial charge in [0.25, 0.3) is 0 Å². The second-order valence-corrected chi connectivity index (χ2v) is 5.39. The Morgan fingerprint density at radius 1 is 1.22 bits per heavy atom. The van der Waals surface area contributed by atoms with Crippen molar-refractivity contribution in [2.75, 3.05) is 42.9 Å². The monoisotopic (exact) mass is 315 g/mol. The fraction of sp³-hybridized carbons (Fsp3) is 0.312. The smallest absolute Gasteiger partial charge is 0.238 e. The Morgan fingerprint density at radius 2 is 2.04 bits per heavy atom. The van der Waals surface area contributed by atoms with E-state index in [0.717, 1.165) is 32.0 Å². The molecule has 1 aromatic heterocycles. The first-order valence-electron chi connectivity index (χ1n) is 7.49. The van der Waals surface area contributed by atoms with Crippen LogP contribution in [-0.4, -0.2) is 53.5 Å². The summed E-state index contributed by atoms with van der Waals surface area (Å²) in [6.45, 7) is 3.43. The van der Waals surface area contributed by atoms with Gasteiger partial charge in [-0.2, -0.15) is 0 Å². The molecule has 3 rings (SSSR count). The van der Waals surface area contributed by atoms with Gasteiger partial charge in [-0.3, -0.25) is 14.7 Å². The van der Waals surface area contributed by atoms with Gasteiger partial charge in [-0.15, -0.1) is 0 Å². The average molecular weight is 315 g/mol. The molecule has 120 valence electrons. The molecular formula is C16H18FN5O. The van der Waals surface area contributed by atoms with Crippen LogP contribution < -0.4 is 10.2 Å². The van der Waals surface area contributed by atoms with E-state index < -0.39 is 0 Å². The Kier molecular flexibility index (Phi) is 4.77. The number of anilines is 2. The van der Waals surface area contributed by atoms with E-state index in [-0.39, 0.29) is 11.7 Å². The first-order valence-corrected chi connectivity index (χ1v) is 7.49. The maximum Gasteiger partial charge on any atom is 0.238 e. The number of aromatic nitrogens is 2. The van der Waals surface area contributed by atoms with Gasteiger partial charge in [0.05, 0.1) is 12.7 Å². The predicted molar refractivity (Wildman–Crippen MR) is 85.7 cm³/mol. The van der Waals surface area contributed by atoms with Crippen molar-refractivity contribution in [1.29, 1.82) is 0 Å². The largest absolute Gasteiger partial charge is 0.353 e. The minimum absolute atomic E-state index is 0.136. The van der Waals surface area contributed by atoms with E-state index in [1.54, 1.807) is 30.7 Å². The first kappa shape index (κ1) is 15.4. The van der Waals surface area contributed by atoms with Gasteiger partial charge in [0.15, 0.2) is 0 Å². The number of amides is 1. The number of rotatable bonds is 4. The Labute approximate surface area is 134 Å². The molecule has 0 unspecified atom stereocenters. The van der Waals surface area contributed by atoms with Crippen molar-refractivity contribution < 1.29 is 9.18 Å². The summed E-state index contributed by atoms with van der Waals surface area (Å²) in [7, 11) is 0. The molecule has 0 atom stereocenters. The normalized spacial score (nSPS) is 15.4. The van der Waals surface area contributed by atoms with E-state index >= 15 is 0 Å². The molecule has 7 heteroatoms. The van der Waals surface area contributed by atoms with E-state index in [1.165, 1.54) is 12.1 Å². The van der Waals surface area contributed by atoms with Crippen LogP contribution in [0.15, 0.2) is 42.9 Å². The molecule has 2 aromatic rings. The van der Waals surface area contributed by atoms with Crippen LogP contribution in [-0.2, 0) is 4.79 Å². The molecule has 0 spiro atoms. The summed E-state index contributed by atoms with van der Waals surface area (Å²) in [6.07, 6.45) is 5.07. The van der Waals surface area contributed by atoms with E-state index in [1.807, 2.05) is 0 Å². The highest BCUT2D eigenvalue weighted by Crippen LogP contribution is 2.12. The Morgan fingerprint density at radius 3 is 2.74 bits per heavy atom. The summed E-state index contributed by atoms with van der Waals surface area (Å²) >= 11 is 0. The van der Waals surface area contributed by atoms with Crippen LogP contribution in [0.1, 0.15) is 0 Å². The van der Waals surface area contributed by atoms with Crippen molar-refractivity contribution in [1.82, 2.24) is 14.9 Å². The second kappa shape index (κ2) is 7.15. The number of hydrogen-bond donors (Lipinski definition) is 1. The molecule has 1 aliphatic rings. The van der Waals surface area contributed by atoms with Crippen LogP contribution in [0.2, 0.25) is 0 Å². The Bertz CT molecular complexity index is 659. The maximum absolute atomic E-state index is 13.1. The summed E-state index contributed by atoms with van der Waals surface area (Å²) in [5.41, 5.74) is 0.480. The van der Waals surface area contributed by atoms with Crippen LogP contribution in [0, 0.1) is 5.82 Å². The number of piperazine rings is 1. The van der Waals surface area contributed by atoms with Gasteiger partial charge < -0.3 is 10.2 Å². The zero-order chi connectivity index (χ0) is 16.1. The molecule has 1 aliphatic heterocycles. The highest BCUT2D eigenvalue weighted by atomic mass is 19.1. The van der Waals surface area contributed by atoms with Crippen LogP contribution >= 0.6 is 0 Å². The van der Waals surface area contributed by atoms with Gasteiger partial charge in [-0.1, -0.05) is 6.07 Å². The number of carbonyl (C=O) groups excluding carboxylic acids is 1. The molecule has 6 nitrogen and oxygen atoms in total. The maximum atomic E-state index is 13.1. The summed E-state index contributed by atoms with van der Waals surface area (Å²) < 4.78 is 13.1. The van der Waals surface area contributed by atoms with Gasteiger partial charge >= 0.3 is 0 Å². The topological polar surface area (TPSA) is 61.4 Å². The zero-order valence-electron chi connectivity index (χ0n) is 12.7. The number of benzene rings is 1. The third-order valence-corrected chi connectivity index (χ3v) is 3.72. The second-order valence-electron chi connectivity index (χ2n) is 5.39. The quantitative estimate of drug-likeness (QED) is 0.923. The van der Waals surface area contributed by atoms with Crippen molar-refractivity contribution in [3.63, 3.8) is 0 Å². The predicted octanol–water partition coefficient (Wildman–Crippen LogP) is 1.38. The van der Waals surface area contributed by atoms with Crippen LogP contribution in [0.5, 0.6) is 0 Å². The average Bonchev–Trinajstić information content (AvgIpc) is 2.56. The number of hydrogen-bond acceptors (Lipinski definition) is 5. The summed E-state index contributed by atoms with van der Waals surface area (Å²) in [6, 6.07) is 5.91. The minimum Gasteiger partial charge on any atom is -0.353 e. The molecule has 0 bridgehead atoms. The molecule has 1 aromatic carbocycles. The van der Waals surface area contributed by atoms with Gasteiger partial charge in [-0.05, 0) is 18.2 Å².